The zero-order valence-electron chi connectivity index (χ0n) is 10.6. The van der Waals surface area contributed by atoms with Gasteiger partial charge in [-0.15, -0.1) is 0 Å². The molecule has 1 atom stereocenters. The Kier molecular flexibility index (Phi) is 4.85. The summed E-state index contributed by atoms with van der Waals surface area (Å²) in [6, 6.07) is -0.243. The van der Waals surface area contributed by atoms with Crippen molar-refractivity contribution in [3.05, 3.63) is 17.7 Å². The molecule has 102 valence electrons. The van der Waals surface area contributed by atoms with Crippen LogP contribution in [-0.2, 0) is 14.8 Å². The molecule has 0 fully saturated rings. The number of aryl methyl sites for hydroxylation is 1. The quantitative estimate of drug-likeness (QED) is 0.670. The normalized spacial score (nSPS) is 13.3. The summed E-state index contributed by atoms with van der Waals surface area (Å²) in [6.07, 6.45) is 3.35. The van der Waals surface area contributed by atoms with Gasteiger partial charge in [0.05, 0.1) is 18.8 Å². The molecular weight excluding hydrogens is 256 g/mol. The van der Waals surface area contributed by atoms with Crippen LogP contribution in [0.4, 0.5) is 0 Å². The fraction of sp³-hybridized carbons (Fsp3) is 0.600. The number of aromatic nitrogens is 2. The van der Waals surface area contributed by atoms with Crippen molar-refractivity contribution in [3.8, 4) is 0 Å². The molecule has 3 N–H and O–H groups in total. The molecule has 7 nitrogen and oxygen atoms in total. The number of aromatic amines is 1. The Morgan fingerprint density at radius 2 is 2.22 bits per heavy atom. The van der Waals surface area contributed by atoms with Crippen LogP contribution in [0.2, 0.25) is 0 Å². The Morgan fingerprint density at radius 3 is 2.67 bits per heavy atom. The molecule has 0 aliphatic heterocycles. The minimum atomic E-state index is -3.36. The Labute approximate surface area is 106 Å². The van der Waals surface area contributed by atoms with Gasteiger partial charge in [-0.05, 0) is 13.3 Å². The van der Waals surface area contributed by atoms with E-state index in [9.17, 15) is 13.2 Å². The van der Waals surface area contributed by atoms with E-state index in [-0.39, 0.29) is 18.5 Å². The van der Waals surface area contributed by atoms with E-state index in [1.54, 1.807) is 6.20 Å². The van der Waals surface area contributed by atoms with Crippen LogP contribution < -0.4 is 10.0 Å². The topological polar surface area (TPSA) is 104 Å². The van der Waals surface area contributed by atoms with Crippen LogP contribution in [0.25, 0.3) is 0 Å². The zero-order chi connectivity index (χ0) is 13.8. The third-order valence-corrected chi connectivity index (χ3v) is 2.96. The molecular formula is C10H18N4O3S. The number of rotatable bonds is 6. The molecule has 1 amide bonds. The molecule has 1 aromatic rings. The van der Waals surface area contributed by atoms with Gasteiger partial charge in [-0.3, -0.25) is 4.79 Å². The fourth-order valence-corrected chi connectivity index (χ4v) is 1.81. The largest absolute Gasteiger partial charge is 0.345 e. The molecule has 8 heteroatoms. The van der Waals surface area contributed by atoms with Gasteiger partial charge in [0.15, 0.2) is 0 Å². The second-order valence-electron chi connectivity index (χ2n) is 4.07. The smallest absolute Gasteiger partial charge is 0.235 e. The fourth-order valence-electron chi connectivity index (χ4n) is 1.42. The molecule has 0 aliphatic carbocycles. The minimum absolute atomic E-state index is 0.243. The van der Waals surface area contributed by atoms with Crippen molar-refractivity contribution in [3.63, 3.8) is 0 Å². The first-order valence-electron chi connectivity index (χ1n) is 5.57. The molecule has 0 aromatic carbocycles. The summed E-state index contributed by atoms with van der Waals surface area (Å²) in [4.78, 5) is 18.7. The highest BCUT2D eigenvalue weighted by Gasteiger charge is 2.16. The molecule has 18 heavy (non-hydrogen) atoms. The molecule has 0 aliphatic rings. The number of hydrogen-bond donors (Lipinski definition) is 3. The third-order valence-electron chi connectivity index (χ3n) is 2.29. The Hall–Kier alpha value is -1.41. The summed E-state index contributed by atoms with van der Waals surface area (Å²) in [5.41, 5.74) is 0.909. The number of carbonyl (C=O) groups is 1. The Bertz CT molecular complexity index is 509. The van der Waals surface area contributed by atoms with Crippen LogP contribution in [0.1, 0.15) is 30.9 Å². The van der Waals surface area contributed by atoms with Crippen LogP contribution in [-0.4, -0.2) is 37.1 Å². The van der Waals surface area contributed by atoms with Crippen LogP contribution in [0.5, 0.6) is 0 Å². The number of nitrogens with one attached hydrogen (secondary N) is 3. The number of hydrogen-bond acceptors (Lipinski definition) is 4. The van der Waals surface area contributed by atoms with Crippen molar-refractivity contribution in [1.82, 2.24) is 20.0 Å². The van der Waals surface area contributed by atoms with Crippen LogP contribution in [0.3, 0.4) is 0 Å². The monoisotopic (exact) mass is 274 g/mol. The summed E-state index contributed by atoms with van der Waals surface area (Å²) in [7, 11) is -3.36. The first-order chi connectivity index (χ1) is 8.31. The Morgan fingerprint density at radius 1 is 1.56 bits per heavy atom. The van der Waals surface area contributed by atoms with Crippen molar-refractivity contribution in [1.29, 1.82) is 0 Å². The van der Waals surface area contributed by atoms with Gasteiger partial charge in [0.25, 0.3) is 0 Å². The summed E-state index contributed by atoms with van der Waals surface area (Å²) in [5, 5.41) is 2.71. The Balaban J connectivity index is 2.56. The second kappa shape index (κ2) is 5.96. The van der Waals surface area contributed by atoms with E-state index in [1.165, 1.54) is 0 Å². The van der Waals surface area contributed by atoms with Crippen LogP contribution >= 0.6 is 0 Å². The molecule has 1 rings (SSSR count). The standard InChI is InChI=1S/C10H18N4O3S/c1-4-8(10-11-5-7(2)13-10)14-9(15)6-12-18(3,16)17/h5,8,12H,4,6H2,1-3H3,(H,11,13)(H,14,15)/t8-/m0/s1. The lowest BCUT2D eigenvalue weighted by atomic mass is 10.2. The number of imidazole rings is 1. The second-order valence-corrected chi connectivity index (χ2v) is 5.91. The molecule has 1 heterocycles. The van der Waals surface area contributed by atoms with Crippen LogP contribution in [0.15, 0.2) is 6.20 Å². The summed E-state index contributed by atoms with van der Waals surface area (Å²) >= 11 is 0. The molecule has 0 radical (unpaired) electrons. The number of nitrogens with zero attached hydrogens (tertiary/aromatic N) is 1. The lowest BCUT2D eigenvalue weighted by Crippen LogP contribution is -2.38. The maximum absolute atomic E-state index is 11.6. The van der Waals surface area contributed by atoms with Crippen LogP contribution in [0, 0.1) is 6.92 Å². The van der Waals surface area contributed by atoms with Gasteiger partial charge >= 0.3 is 0 Å². The van der Waals surface area contributed by atoms with E-state index in [0.29, 0.717) is 12.2 Å². The predicted octanol–water partition coefficient (Wildman–Crippen LogP) is -0.165. The average Bonchev–Trinajstić information content (AvgIpc) is 2.69. The molecule has 0 saturated carbocycles. The van der Waals surface area contributed by atoms with Gasteiger partial charge in [-0.2, -0.15) is 0 Å². The maximum atomic E-state index is 11.6. The van der Waals surface area contributed by atoms with E-state index in [0.717, 1.165) is 11.9 Å². The van der Waals surface area contributed by atoms with E-state index >= 15 is 0 Å². The van der Waals surface area contributed by atoms with E-state index in [1.807, 2.05) is 13.8 Å². The van der Waals surface area contributed by atoms with Gasteiger partial charge < -0.3 is 10.3 Å². The molecule has 0 spiro atoms. The van der Waals surface area contributed by atoms with Gasteiger partial charge in [-0.25, -0.2) is 18.1 Å². The highest BCUT2D eigenvalue weighted by atomic mass is 32.2. The van der Waals surface area contributed by atoms with Gasteiger partial charge in [0.1, 0.15) is 5.82 Å². The van der Waals surface area contributed by atoms with Gasteiger partial charge in [0.2, 0.25) is 15.9 Å². The van der Waals surface area contributed by atoms with Crippen molar-refractivity contribution < 1.29 is 13.2 Å². The highest BCUT2D eigenvalue weighted by Crippen LogP contribution is 2.12. The van der Waals surface area contributed by atoms with Gasteiger partial charge in [0, 0.05) is 11.9 Å². The number of H-pyrrole nitrogens is 1. The molecule has 0 unspecified atom stereocenters. The van der Waals surface area contributed by atoms with Crippen molar-refractivity contribution >= 4 is 15.9 Å². The molecule has 0 saturated heterocycles. The van der Waals surface area contributed by atoms with E-state index in [4.69, 9.17) is 0 Å². The number of carbonyl (C=O) groups excluding carboxylic acids is 1. The third kappa shape index (κ3) is 4.84. The van der Waals surface area contributed by atoms with E-state index < -0.39 is 10.0 Å². The number of amides is 1. The first-order valence-corrected chi connectivity index (χ1v) is 7.46. The minimum Gasteiger partial charge on any atom is -0.345 e. The lowest BCUT2D eigenvalue weighted by molar-refractivity contribution is -0.120. The first kappa shape index (κ1) is 14.7. The van der Waals surface area contributed by atoms with Crippen molar-refractivity contribution in [2.75, 3.05) is 12.8 Å². The lowest BCUT2D eigenvalue weighted by Gasteiger charge is -2.14. The predicted molar refractivity (Wildman–Crippen MR) is 67.3 cm³/mol. The highest BCUT2D eigenvalue weighted by molar-refractivity contribution is 7.88. The van der Waals surface area contributed by atoms with Crippen molar-refractivity contribution in [2.45, 2.75) is 26.3 Å². The molecule has 1 aromatic heterocycles. The summed E-state index contributed by atoms with van der Waals surface area (Å²) in [6.45, 7) is 3.51. The SMILES string of the molecule is CC[C@H](NC(=O)CNS(C)(=O)=O)c1ncc(C)[nH]1. The molecule has 0 bridgehead atoms. The maximum Gasteiger partial charge on any atom is 0.235 e. The summed E-state index contributed by atoms with van der Waals surface area (Å²) < 4.78 is 23.8. The average molecular weight is 274 g/mol. The number of sulfonamides is 1. The zero-order valence-corrected chi connectivity index (χ0v) is 11.5. The van der Waals surface area contributed by atoms with Crippen molar-refractivity contribution in [2.24, 2.45) is 0 Å². The van der Waals surface area contributed by atoms with E-state index in [2.05, 4.69) is 20.0 Å². The summed E-state index contributed by atoms with van der Waals surface area (Å²) in [5.74, 6) is 0.282. The van der Waals surface area contributed by atoms with Gasteiger partial charge in [-0.1, -0.05) is 6.92 Å².